The molecule has 1 fully saturated rings. The molecule has 1 saturated heterocycles. The minimum Gasteiger partial charge on any atom is -0.336 e. The van der Waals surface area contributed by atoms with Crippen molar-refractivity contribution in [2.45, 2.75) is 18.4 Å². The van der Waals surface area contributed by atoms with Crippen molar-refractivity contribution in [3.05, 3.63) is 52.2 Å². The molecule has 1 aromatic carbocycles. The molecule has 27 heavy (non-hydrogen) atoms. The SMILES string of the molecule is Cc1ccsc1CN(C)C(=O)C[NH+]1CCN(S(=O)(=O)c2ccccc2)CC1. The number of piperazine rings is 1. The number of carbonyl (C=O) groups is 1. The largest absolute Gasteiger partial charge is 0.336 e. The first-order valence-corrected chi connectivity index (χ1v) is 11.4. The molecular formula is C19H26N3O3S2+. The zero-order valence-corrected chi connectivity index (χ0v) is 17.4. The van der Waals surface area contributed by atoms with Gasteiger partial charge in [-0.05, 0) is 36.1 Å². The van der Waals surface area contributed by atoms with Gasteiger partial charge in [0.05, 0.1) is 37.6 Å². The Bertz CT molecular complexity index is 873. The molecule has 146 valence electrons. The van der Waals surface area contributed by atoms with E-state index in [4.69, 9.17) is 0 Å². The van der Waals surface area contributed by atoms with Gasteiger partial charge in [0.1, 0.15) is 0 Å². The van der Waals surface area contributed by atoms with Crippen LogP contribution in [0, 0.1) is 6.92 Å². The van der Waals surface area contributed by atoms with Gasteiger partial charge in [0.2, 0.25) is 10.0 Å². The van der Waals surface area contributed by atoms with Gasteiger partial charge in [-0.1, -0.05) is 18.2 Å². The number of nitrogens with zero attached hydrogens (tertiary/aromatic N) is 2. The van der Waals surface area contributed by atoms with Crippen LogP contribution < -0.4 is 4.90 Å². The zero-order valence-electron chi connectivity index (χ0n) is 15.7. The van der Waals surface area contributed by atoms with Crippen LogP contribution in [0.15, 0.2) is 46.7 Å². The molecule has 1 aliphatic rings. The van der Waals surface area contributed by atoms with E-state index < -0.39 is 10.0 Å². The highest BCUT2D eigenvalue weighted by Crippen LogP contribution is 2.17. The lowest BCUT2D eigenvalue weighted by molar-refractivity contribution is -0.896. The summed E-state index contributed by atoms with van der Waals surface area (Å²) in [6.07, 6.45) is 0. The van der Waals surface area contributed by atoms with Gasteiger partial charge in [-0.2, -0.15) is 4.31 Å². The molecule has 0 atom stereocenters. The Balaban J connectivity index is 1.52. The van der Waals surface area contributed by atoms with E-state index >= 15 is 0 Å². The predicted molar refractivity (Wildman–Crippen MR) is 106 cm³/mol. The van der Waals surface area contributed by atoms with Crippen molar-refractivity contribution in [3.63, 3.8) is 0 Å². The molecule has 0 aliphatic carbocycles. The van der Waals surface area contributed by atoms with Crippen LogP contribution in [0.2, 0.25) is 0 Å². The van der Waals surface area contributed by atoms with Crippen LogP contribution in [0.5, 0.6) is 0 Å². The van der Waals surface area contributed by atoms with Crippen LogP contribution in [0.1, 0.15) is 10.4 Å². The van der Waals surface area contributed by atoms with Crippen LogP contribution in [0.3, 0.4) is 0 Å². The molecule has 0 radical (unpaired) electrons. The molecular weight excluding hydrogens is 382 g/mol. The van der Waals surface area contributed by atoms with E-state index in [9.17, 15) is 13.2 Å². The Morgan fingerprint density at radius 3 is 2.44 bits per heavy atom. The lowest BCUT2D eigenvalue weighted by Gasteiger charge is -2.32. The third-order valence-corrected chi connectivity index (χ3v) is 7.91. The van der Waals surface area contributed by atoms with Gasteiger partial charge in [-0.25, -0.2) is 8.42 Å². The summed E-state index contributed by atoms with van der Waals surface area (Å²) in [5.74, 6) is 0.0946. The second-order valence-electron chi connectivity index (χ2n) is 6.92. The first kappa shape index (κ1) is 20.0. The molecule has 0 spiro atoms. The average molecular weight is 409 g/mol. The van der Waals surface area contributed by atoms with Gasteiger partial charge in [0, 0.05) is 11.9 Å². The van der Waals surface area contributed by atoms with Gasteiger partial charge in [-0.3, -0.25) is 4.79 Å². The molecule has 8 heteroatoms. The van der Waals surface area contributed by atoms with Crippen LogP contribution in [-0.4, -0.2) is 63.3 Å². The number of amides is 1. The summed E-state index contributed by atoms with van der Waals surface area (Å²) in [5.41, 5.74) is 1.21. The van der Waals surface area contributed by atoms with E-state index in [-0.39, 0.29) is 5.91 Å². The van der Waals surface area contributed by atoms with E-state index in [0.717, 1.165) is 4.90 Å². The number of hydrogen-bond acceptors (Lipinski definition) is 4. The number of nitrogens with one attached hydrogen (secondary N) is 1. The highest BCUT2D eigenvalue weighted by molar-refractivity contribution is 7.89. The summed E-state index contributed by atoms with van der Waals surface area (Å²) in [7, 11) is -1.61. The fourth-order valence-corrected chi connectivity index (χ4v) is 5.60. The molecule has 1 aliphatic heterocycles. The molecule has 1 aromatic heterocycles. The van der Waals surface area contributed by atoms with Gasteiger partial charge in [0.25, 0.3) is 5.91 Å². The standard InChI is InChI=1S/C19H25N3O3S2/c1-16-8-13-26-18(16)14-20(2)19(23)15-21-9-11-22(12-10-21)27(24,25)17-6-4-3-5-7-17/h3-8,13H,9-12,14-15H2,1-2H3/p+1. The van der Waals surface area contributed by atoms with Crippen LogP contribution in [-0.2, 0) is 21.4 Å². The number of hydrogen-bond donors (Lipinski definition) is 1. The van der Waals surface area contributed by atoms with Crippen molar-refractivity contribution in [1.29, 1.82) is 0 Å². The molecule has 1 N–H and O–H groups in total. The summed E-state index contributed by atoms with van der Waals surface area (Å²) in [5, 5.41) is 2.04. The molecule has 3 rings (SSSR count). The molecule has 2 heterocycles. The van der Waals surface area contributed by atoms with Crippen molar-refractivity contribution in [2.24, 2.45) is 0 Å². The fourth-order valence-electron chi connectivity index (χ4n) is 3.18. The monoisotopic (exact) mass is 408 g/mol. The summed E-state index contributed by atoms with van der Waals surface area (Å²) in [6, 6.07) is 10.6. The number of benzene rings is 1. The number of likely N-dealkylation sites (N-methyl/N-ethyl adjacent to an activating group) is 1. The quantitative estimate of drug-likeness (QED) is 0.762. The third kappa shape index (κ3) is 4.76. The van der Waals surface area contributed by atoms with Gasteiger partial charge >= 0.3 is 0 Å². The summed E-state index contributed by atoms with van der Waals surface area (Å²) < 4.78 is 26.9. The molecule has 6 nitrogen and oxygen atoms in total. The Hall–Kier alpha value is -1.74. The topological polar surface area (TPSA) is 62.1 Å². The minimum atomic E-state index is -3.44. The van der Waals surface area contributed by atoms with E-state index in [0.29, 0.717) is 44.2 Å². The lowest BCUT2D eigenvalue weighted by atomic mass is 10.3. The number of carbonyl (C=O) groups excluding carboxylic acids is 1. The van der Waals surface area contributed by atoms with Gasteiger partial charge in [0.15, 0.2) is 6.54 Å². The first-order valence-electron chi connectivity index (χ1n) is 9.03. The highest BCUT2D eigenvalue weighted by Gasteiger charge is 2.31. The number of quaternary nitrogens is 1. The molecule has 0 saturated carbocycles. The maximum absolute atomic E-state index is 12.7. The second-order valence-corrected chi connectivity index (χ2v) is 9.86. The first-order chi connectivity index (χ1) is 12.9. The highest BCUT2D eigenvalue weighted by atomic mass is 32.2. The average Bonchev–Trinajstić information content (AvgIpc) is 3.07. The van der Waals surface area contributed by atoms with Gasteiger partial charge in [-0.15, -0.1) is 11.3 Å². The van der Waals surface area contributed by atoms with Crippen molar-refractivity contribution in [3.8, 4) is 0 Å². The van der Waals surface area contributed by atoms with Crippen LogP contribution >= 0.6 is 11.3 Å². The fraction of sp³-hybridized carbons (Fsp3) is 0.421. The summed E-state index contributed by atoms with van der Waals surface area (Å²) in [4.78, 5) is 17.0. The number of aryl methyl sites for hydroxylation is 1. The third-order valence-electron chi connectivity index (χ3n) is 4.99. The minimum absolute atomic E-state index is 0.0946. The van der Waals surface area contributed by atoms with Crippen molar-refractivity contribution in [2.75, 3.05) is 39.8 Å². The van der Waals surface area contributed by atoms with Crippen LogP contribution in [0.4, 0.5) is 0 Å². The molecule has 0 bridgehead atoms. The second kappa shape index (κ2) is 8.52. The summed E-state index contributed by atoms with van der Waals surface area (Å²) >= 11 is 1.67. The van der Waals surface area contributed by atoms with E-state index in [1.165, 1.54) is 14.7 Å². The number of thiophene rings is 1. The molecule has 0 unspecified atom stereocenters. The molecule has 2 aromatic rings. The zero-order chi connectivity index (χ0) is 19.4. The predicted octanol–water partition coefficient (Wildman–Crippen LogP) is 0.604. The lowest BCUT2D eigenvalue weighted by Crippen LogP contribution is -3.15. The Morgan fingerprint density at radius 1 is 1.19 bits per heavy atom. The molecule has 1 amide bonds. The number of rotatable bonds is 6. The Labute approximate surface area is 165 Å². The maximum Gasteiger partial charge on any atom is 0.277 e. The number of sulfonamides is 1. The maximum atomic E-state index is 12.7. The summed E-state index contributed by atoms with van der Waals surface area (Å²) in [6.45, 7) is 5.25. The normalized spacial score (nSPS) is 16.4. The van der Waals surface area contributed by atoms with Crippen molar-refractivity contribution < 1.29 is 18.1 Å². The Kier molecular flexibility index (Phi) is 6.31. The van der Waals surface area contributed by atoms with E-state index in [2.05, 4.69) is 13.0 Å². The van der Waals surface area contributed by atoms with Gasteiger partial charge < -0.3 is 9.80 Å². The van der Waals surface area contributed by atoms with E-state index in [1.54, 1.807) is 46.6 Å². The van der Waals surface area contributed by atoms with Crippen molar-refractivity contribution in [1.82, 2.24) is 9.21 Å². The smallest absolute Gasteiger partial charge is 0.277 e. The van der Waals surface area contributed by atoms with E-state index in [1.807, 2.05) is 12.4 Å². The van der Waals surface area contributed by atoms with Crippen molar-refractivity contribution >= 4 is 27.3 Å². The van der Waals surface area contributed by atoms with Crippen LogP contribution in [0.25, 0.3) is 0 Å². The Morgan fingerprint density at radius 2 is 1.85 bits per heavy atom.